The maximum absolute atomic E-state index is 5.55. The van der Waals surface area contributed by atoms with Crippen LogP contribution < -0.4 is 5.32 Å². The average molecular weight is 283 g/mol. The van der Waals surface area contributed by atoms with Gasteiger partial charge < -0.3 is 9.73 Å². The lowest BCUT2D eigenvalue weighted by molar-refractivity contribution is 0.414. The van der Waals surface area contributed by atoms with Crippen LogP contribution in [0.5, 0.6) is 0 Å². The Bertz CT molecular complexity index is 583. The molecule has 112 valence electrons. The molecule has 1 saturated carbocycles. The number of hydrogen-bond acceptors (Lipinski definition) is 2. The number of rotatable bonds is 6. The zero-order valence-corrected chi connectivity index (χ0v) is 13.1. The SMILES string of the molecule is CCCNC(c1coc(C)c1)c1ccccc1C1CCC1. The predicted octanol–water partition coefficient (Wildman–Crippen LogP) is 4.94. The summed E-state index contributed by atoms with van der Waals surface area (Å²) < 4.78 is 5.55. The van der Waals surface area contributed by atoms with Gasteiger partial charge in [0.05, 0.1) is 12.3 Å². The average Bonchev–Trinajstić information content (AvgIpc) is 2.85. The maximum Gasteiger partial charge on any atom is 0.101 e. The summed E-state index contributed by atoms with van der Waals surface area (Å²) in [6.45, 7) is 5.24. The third-order valence-corrected chi connectivity index (χ3v) is 4.53. The van der Waals surface area contributed by atoms with Gasteiger partial charge in [0, 0.05) is 5.56 Å². The van der Waals surface area contributed by atoms with Crippen molar-refractivity contribution in [1.29, 1.82) is 0 Å². The van der Waals surface area contributed by atoms with Gasteiger partial charge in [0.15, 0.2) is 0 Å². The van der Waals surface area contributed by atoms with Crippen molar-refractivity contribution in [1.82, 2.24) is 5.32 Å². The molecule has 1 atom stereocenters. The second-order valence-corrected chi connectivity index (χ2v) is 6.13. The molecule has 0 aliphatic heterocycles. The summed E-state index contributed by atoms with van der Waals surface area (Å²) in [5.41, 5.74) is 4.19. The molecule has 2 heteroatoms. The summed E-state index contributed by atoms with van der Waals surface area (Å²) >= 11 is 0. The highest BCUT2D eigenvalue weighted by molar-refractivity contribution is 5.39. The van der Waals surface area contributed by atoms with E-state index in [1.165, 1.54) is 36.0 Å². The lowest BCUT2D eigenvalue weighted by Gasteiger charge is -2.30. The molecule has 1 aromatic carbocycles. The second kappa shape index (κ2) is 6.48. The zero-order chi connectivity index (χ0) is 14.7. The van der Waals surface area contributed by atoms with Gasteiger partial charge in [-0.1, -0.05) is 37.6 Å². The number of aryl methyl sites for hydroxylation is 1. The first kappa shape index (κ1) is 14.4. The quantitative estimate of drug-likeness (QED) is 0.812. The number of furan rings is 1. The van der Waals surface area contributed by atoms with E-state index in [1.807, 2.05) is 13.2 Å². The summed E-state index contributed by atoms with van der Waals surface area (Å²) in [7, 11) is 0. The van der Waals surface area contributed by atoms with Crippen LogP contribution in [0.4, 0.5) is 0 Å². The van der Waals surface area contributed by atoms with Crippen LogP contribution >= 0.6 is 0 Å². The Kier molecular flexibility index (Phi) is 4.45. The van der Waals surface area contributed by atoms with Gasteiger partial charge >= 0.3 is 0 Å². The van der Waals surface area contributed by atoms with Crippen molar-refractivity contribution in [2.24, 2.45) is 0 Å². The third-order valence-electron chi connectivity index (χ3n) is 4.53. The zero-order valence-electron chi connectivity index (χ0n) is 13.1. The Morgan fingerprint density at radius 1 is 1.29 bits per heavy atom. The number of benzene rings is 1. The molecule has 1 aliphatic rings. The van der Waals surface area contributed by atoms with Crippen molar-refractivity contribution in [3.63, 3.8) is 0 Å². The second-order valence-electron chi connectivity index (χ2n) is 6.13. The van der Waals surface area contributed by atoms with Crippen molar-refractivity contribution >= 4 is 0 Å². The van der Waals surface area contributed by atoms with Crippen LogP contribution in [0.1, 0.15) is 67.0 Å². The molecule has 21 heavy (non-hydrogen) atoms. The molecule has 2 nitrogen and oxygen atoms in total. The van der Waals surface area contributed by atoms with Gasteiger partial charge in [0.1, 0.15) is 5.76 Å². The number of nitrogens with one attached hydrogen (secondary N) is 1. The highest BCUT2D eigenvalue weighted by Gasteiger charge is 2.26. The molecule has 0 bridgehead atoms. The van der Waals surface area contributed by atoms with Gasteiger partial charge in [-0.05, 0) is 55.8 Å². The molecule has 3 rings (SSSR count). The van der Waals surface area contributed by atoms with E-state index in [0.717, 1.165) is 24.6 Å². The van der Waals surface area contributed by atoms with E-state index >= 15 is 0 Å². The van der Waals surface area contributed by atoms with E-state index < -0.39 is 0 Å². The number of hydrogen-bond donors (Lipinski definition) is 1. The van der Waals surface area contributed by atoms with Crippen molar-refractivity contribution in [2.75, 3.05) is 6.54 Å². The van der Waals surface area contributed by atoms with E-state index in [-0.39, 0.29) is 6.04 Å². The van der Waals surface area contributed by atoms with Gasteiger partial charge in [-0.25, -0.2) is 0 Å². The lowest BCUT2D eigenvalue weighted by atomic mass is 9.76. The van der Waals surface area contributed by atoms with Crippen LogP contribution in [0.3, 0.4) is 0 Å². The molecule has 2 aromatic rings. The minimum absolute atomic E-state index is 0.249. The van der Waals surface area contributed by atoms with Crippen LogP contribution in [-0.4, -0.2) is 6.54 Å². The molecular weight excluding hydrogens is 258 g/mol. The first-order valence-corrected chi connectivity index (χ1v) is 8.17. The minimum Gasteiger partial charge on any atom is -0.469 e. The van der Waals surface area contributed by atoms with Crippen LogP contribution in [0.15, 0.2) is 41.0 Å². The van der Waals surface area contributed by atoms with Gasteiger partial charge in [-0.15, -0.1) is 0 Å². The molecule has 1 N–H and O–H groups in total. The van der Waals surface area contributed by atoms with Gasteiger partial charge in [0.25, 0.3) is 0 Å². The van der Waals surface area contributed by atoms with E-state index in [9.17, 15) is 0 Å². The summed E-state index contributed by atoms with van der Waals surface area (Å²) in [5, 5.41) is 3.70. The van der Waals surface area contributed by atoms with Crippen molar-refractivity contribution in [3.05, 3.63) is 59.0 Å². The molecule has 1 heterocycles. The summed E-state index contributed by atoms with van der Waals surface area (Å²) in [6, 6.07) is 11.3. The van der Waals surface area contributed by atoms with Gasteiger partial charge in [0.2, 0.25) is 0 Å². The highest BCUT2D eigenvalue weighted by atomic mass is 16.3. The lowest BCUT2D eigenvalue weighted by Crippen LogP contribution is -2.25. The van der Waals surface area contributed by atoms with Crippen molar-refractivity contribution in [3.8, 4) is 0 Å². The fourth-order valence-corrected chi connectivity index (χ4v) is 3.18. The van der Waals surface area contributed by atoms with Crippen LogP contribution in [0, 0.1) is 6.92 Å². The fraction of sp³-hybridized carbons (Fsp3) is 0.474. The molecule has 0 saturated heterocycles. The maximum atomic E-state index is 5.55. The highest BCUT2D eigenvalue weighted by Crippen LogP contribution is 2.40. The van der Waals surface area contributed by atoms with Crippen LogP contribution in [-0.2, 0) is 0 Å². The predicted molar refractivity (Wildman–Crippen MR) is 86.6 cm³/mol. The molecule has 0 amide bonds. The molecule has 0 radical (unpaired) electrons. The Hall–Kier alpha value is -1.54. The first-order chi connectivity index (χ1) is 10.3. The monoisotopic (exact) mass is 283 g/mol. The van der Waals surface area contributed by atoms with Gasteiger partial charge in [-0.3, -0.25) is 0 Å². The molecular formula is C19H25NO. The van der Waals surface area contributed by atoms with E-state index in [4.69, 9.17) is 4.42 Å². The smallest absolute Gasteiger partial charge is 0.101 e. The summed E-state index contributed by atoms with van der Waals surface area (Å²) in [6.07, 6.45) is 7.08. The standard InChI is InChI=1S/C19H25NO/c1-3-11-20-19(16-12-14(2)21-13-16)18-10-5-4-9-17(18)15-7-6-8-15/h4-5,9-10,12-13,15,19-20H,3,6-8,11H2,1-2H3. The Morgan fingerprint density at radius 3 is 2.71 bits per heavy atom. The topological polar surface area (TPSA) is 25.2 Å². The van der Waals surface area contributed by atoms with E-state index in [1.54, 1.807) is 0 Å². The first-order valence-electron chi connectivity index (χ1n) is 8.17. The summed E-state index contributed by atoms with van der Waals surface area (Å²) in [5.74, 6) is 1.73. The molecule has 1 aromatic heterocycles. The van der Waals surface area contributed by atoms with Crippen LogP contribution in [0.25, 0.3) is 0 Å². The minimum atomic E-state index is 0.249. The normalized spacial score (nSPS) is 16.7. The van der Waals surface area contributed by atoms with E-state index in [2.05, 4.69) is 42.6 Å². The van der Waals surface area contributed by atoms with E-state index in [0.29, 0.717) is 0 Å². The van der Waals surface area contributed by atoms with Crippen molar-refractivity contribution in [2.45, 2.75) is 51.5 Å². The molecule has 1 unspecified atom stereocenters. The fourth-order valence-electron chi connectivity index (χ4n) is 3.18. The summed E-state index contributed by atoms with van der Waals surface area (Å²) in [4.78, 5) is 0. The molecule has 0 spiro atoms. The van der Waals surface area contributed by atoms with Crippen LogP contribution in [0.2, 0.25) is 0 Å². The molecule has 1 aliphatic carbocycles. The molecule has 1 fully saturated rings. The Labute approximate surface area is 127 Å². The van der Waals surface area contributed by atoms with Crippen molar-refractivity contribution < 1.29 is 4.42 Å². The largest absolute Gasteiger partial charge is 0.469 e. The van der Waals surface area contributed by atoms with Gasteiger partial charge in [-0.2, -0.15) is 0 Å². The Balaban J connectivity index is 1.95. The third kappa shape index (κ3) is 3.06. The Morgan fingerprint density at radius 2 is 2.10 bits per heavy atom.